The minimum absolute atomic E-state index is 0.163. The Balaban J connectivity index is 1.36. The number of carbonyl (C=O) groups is 2. The Morgan fingerprint density at radius 1 is 1.09 bits per heavy atom. The van der Waals surface area contributed by atoms with Gasteiger partial charge in [-0.1, -0.05) is 0 Å². The molecule has 0 aromatic rings. The van der Waals surface area contributed by atoms with Crippen molar-refractivity contribution in [3.8, 4) is 0 Å². The van der Waals surface area contributed by atoms with Gasteiger partial charge < -0.3 is 4.90 Å². The predicted molar refractivity (Wildman–Crippen MR) is 133 cm³/mol. The second-order valence-corrected chi connectivity index (χ2v) is 14.6. The number of nitrogens with zero attached hydrogens (tertiary/aromatic N) is 3. The fourth-order valence-electron chi connectivity index (χ4n) is 6.11. The van der Waals surface area contributed by atoms with E-state index in [1.54, 1.807) is 0 Å². The molecule has 4 atom stereocenters. The van der Waals surface area contributed by atoms with E-state index in [2.05, 4.69) is 10.1 Å². The molecule has 9 nitrogen and oxygen atoms in total. The van der Waals surface area contributed by atoms with Gasteiger partial charge in [-0.25, -0.2) is 22.9 Å². The van der Waals surface area contributed by atoms with Crippen LogP contribution < -0.4 is 10.1 Å². The molecule has 4 unspecified atom stereocenters. The van der Waals surface area contributed by atoms with E-state index in [9.17, 15) is 18.0 Å². The molecule has 2 aliphatic carbocycles. The van der Waals surface area contributed by atoms with Gasteiger partial charge >= 0.3 is 6.03 Å². The van der Waals surface area contributed by atoms with Crippen molar-refractivity contribution in [2.24, 2.45) is 17.8 Å². The van der Waals surface area contributed by atoms with Gasteiger partial charge in [0.2, 0.25) is 15.9 Å². The molecule has 5 aliphatic rings. The number of amides is 3. The summed E-state index contributed by atoms with van der Waals surface area (Å²) in [5.41, 5.74) is 2.94. The number of imide groups is 1. The van der Waals surface area contributed by atoms with Gasteiger partial charge in [-0.3, -0.25) is 15.1 Å². The minimum Gasteiger partial charge on any atom is -0.320 e. The first kappa shape index (κ1) is 24.8. The van der Waals surface area contributed by atoms with Crippen molar-refractivity contribution in [2.45, 2.75) is 68.7 Å². The standard InChI is InChI=1S/C23H39N5O4S2/c1-23(7-8-23)25-34(31,32)18-3-4-20-19(11-18)21(29)28(15-17-12-24-26(2)13-17)22(30)27(20)14-16-5-9-33-10-6-16/h16-20,24-25H,3-15H2,1-2H3. The number of hydrogen-bond donors (Lipinski definition) is 2. The van der Waals surface area contributed by atoms with Crippen molar-refractivity contribution in [1.82, 2.24) is 25.0 Å². The molecule has 3 heterocycles. The lowest BCUT2D eigenvalue weighted by Crippen LogP contribution is -2.65. The van der Waals surface area contributed by atoms with E-state index >= 15 is 0 Å². The summed E-state index contributed by atoms with van der Waals surface area (Å²) >= 11 is 1.97. The molecule has 0 bridgehead atoms. The van der Waals surface area contributed by atoms with Gasteiger partial charge in [-0.05, 0) is 69.3 Å². The number of hydrazine groups is 1. The molecule has 5 rings (SSSR count). The zero-order chi connectivity index (χ0) is 24.1. The maximum absolute atomic E-state index is 13.7. The molecule has 0 spiro atoms. The van der Waals surface area contributed by atoms with Crippen LogP contribution in [0.15, 0.2) is 0 Å². The molecule has 2 saturated carbocycles. The lowest BCUT2D eigenvalue weighted by atomic mass is 9.80. The number of nitrogens with one attached hydrogen (secondary N) is 2. The van der Waals surface area contributed by atoms with Crippen LogP contribution in [0.1, 0.15) is 51.9 Å². The van der Waals surface area contributed by atoms with E-state index < -0.39 is 21.2 Å². The van der Waals surface area contributed by atoms with Crippen LogP contribution in [0, 0.1) is 17.8 Å². The number of sulfonamides is 1. The molecular formula is C23H39N5O4S2. The number of thioether (sulfide) groups is 1. The summed E-state index contributed by atoms with van der Waals surface area (Å²) in [5.74, 6) is 2.27. The summed E-state index contributed by atoms with van der Waals surface area (Å²) < 4.78 is 29.2. The second kappa shape index (κ2) is 9.53. The predicted octanol–water partition coefficient (Wildman–Crippen LogP) is 1.47. The summed E-state index contributed by atoms with van der Waals surface area (Å²) in [7, 11) is -1.54. The van der Waals surface area contributed by atoms with Crippen LogP contribution in [-0.2, 0) is 14.8 Å². The SMILES string of the molecule is CN1CC(CN2C(=O)C3CC(S(=O)(=O)NC4(C)CC4)CCC3N(CC3CCSCC3)C2=O)CN1. The Morgan fingerprint density at radius 3 is 2.47 bits per heavy atom. The summed E-state index contributed by atoms with van der Waals surface area (Å²) in [6.45, 7) is 4.54. The van der Waals surface area contributed by atoms with Crippen molar-refractivity contribution in [3.05, 3.63) is 0 Å². The number of rotatable bonds is 7. The number of fused-ring (bicyclic) bond motifs is 1. The molecule has 5 fully saturated rings. The molecule has 3 aliphatic heterocycles. The summed E-state index contributed by atoms with van der Waals surface area (Å²) in [4.78, 5) is 30.8. The van der Waals surface area contributed by atoms with Crippen LogP contribution in [0.4, 0.5) is 4.79 Å². The molecule has 0 radical (unpaired) electrons. The zero-order valence-corrected chi connectivity index (χ0v) is 22.0. The average molecular weight is 514 g/mol. The lowest BCUT2D eigenvalue weighted by molar-refractivity contribution is -0.141. The topological polar surface area (TPSA) is 102 Å². The molecular weight excluding hydrogens is 474 g/mol. The van der Waals surface area contributed by atoms with Gasteiger partial charge in [0.15, 0.2) is 0 Å². The van der Waals surface area contributed by atoms with E-state index in [0.29, 0.717) is 38.3 Å². The van der Waals surface area contributed by atoms with Gasteiger partial charge in [0, 0.05) is 50.7 Å². The molecule has 34 heavy (non-hydrogen) atoms. The van der Waals surface area contributed by atoms with Gasteiger partial charge in [-0.15, -0.1) is 0 Å². The highest BCUT2D eigenvalue weighted by atomic mass is 32.2. The van der Waals surface area contributed by atoms with Crippen LogP contribution in [0.3, 0.4) is 0 Å². The lowest BCUT2D eigenvalue weighted by Gasteiger charge is -2.49. The minimum atomic E-state index is -3.50. The van der Waals surface area contributed by atoms with Crippen molar-refractivity contribution >= 4 is 33.7 Å². The van der Waals surface area contributed by atoms with Crippen molar-refractivity contribution < 1.29 is 18.0 Å². The smallest absolute Gasteiger partial charge is 0.320 e. The summed E-state index contributed by atoms with van der Waals surface area (Å²) in [6, 6.07) is -0.345. The third kappa shape index (κ3) is 5.14. The van der Waals surface area contributed by atoms with Gasteiger partial charge in [-0.2, -0.15) is 11.8 Å². The normalized spacial score (nSPS) is 35.0. The molecule has 2 N–H and O–H groups in total. The fraction of sp³-hybridized carbons (Fsp3) is 0.913. The van der Waals surface area contributed by atoms with Crippen LogP contribution >= 0.6 is 11.8 Å². The zero-order valence-electron chi connectivity index (χ0n) is 20.4. The highest BCUT2D eigenvalue weighted by Gasteiger charge is 2.52. The van der Waals surface area contributed by atoms with Crippen LogP contribution in [0.25, 0.3) is 0 Å². The molecule has 0 aromatic carbocycles. The largest absolute Gasteiger partial charge is 0.326 e. The Kier molecular flexibility index (Phi) is 6.95. The highest BCUT2D eigenvalue weighted by Crippen LogP contribution is 2.41. The monoisotopic (exact) mass is 513 g/mol. The van der Waals surface area contributed by atoms with Gasteiger partial charge in [0.25, 0.3) is 0 Å². The Hall–Kier alpha value is -0.880. The molecule has 3 saturated heterocycles. The average Bonchev–Trinajstić information content (AvgIpc) is 3.37. The number of urea groups is 1. The Bertz CT molecular complexity index is 905. The van der Waals surface area contributed by atoms with E-state index in [4.69, 9.17) is 0 Å². The first-order chi connectivity index (χ1) is 16.2. The quantitative estimate of drug-likeness (QED) is 0.532. The highest BCUT2D eigenvalue weighted by molar-refractivity contribution is 7.99. The van der Waals surface area contributed by atoms with Crippen LogP contribution in [-0.4, -0.2) is 96.7 Å². The molecule has 3 amide bonds. The number of carbonyl (C=O) groups excluding carboxylic acids is 2. The fourth-order valence-corrected chi connectivity index (χ4v) is 9.28. The second-order valence-electron chi connectivity index (χ2n) is 11.4. The first-order valence-corrected chi connectivity index (χ1v) is 15.5. The van der Waals surface area contributed by atoms with Gasteiger partial charge in [0.1, 0.15) is 0 Å². The third-order valence-corrected chi connectivity index (χ3v) is 11.6. The van der Waals surface area contributed by atoms with E-state index in [0.717, 1.165) is 50.3 Å². The van der Waals surface area contributed by atoms with Crippen LogP contribution in [0.5, 0.6) is 0 Å². The van der Waals surface area contributed by atoms with Crippen molar-refractivity contribution in [1.29, 1.82) is 0 Å². The van der Waals surface area contributed by atoms with Gasteiger partial charge in [0.05, 0.1) is 11.2 Å². The molecule has 192 valence electrons. The molecule has 11 heteroatoms. The van der Waals surface area contributed by atoms with Crippen molar-refractivity contribution in [3.63, 3.8) is 0 Å². The van der Waals surface area contributed by atoms with Crippen LogP contribution in [0.2, 0.25) is 0 Å². The number of hydrogen-bond acceptors (Lipinski definition) is 7. The van der Waals surface area contributed by atoms with E-state index in [1.165, 1.54) is 4.90 Å². The maximum Gasteiger partial charge on any atom is 0.326 e. The van der Waals surface area contributed by atoms with Crippen molar-refractivity contribution in [2.75, 3.05) is 44.7 Å². The first-order valence-electron chi connectivity index (χ1n) is 12.8. The van der Waals surface area contributed by atoms with E-state index in [-0.39, 0.29) is 29.4 Å². The third-order valence-electron chi connectivity index (χ3n) is 8.47. The Labute approximate surface area is 207 Å². The Morgan fingerprint density at radius 2 is 1.82 bits per heavy atom. The van der Waals surface area contributed by atoms with E-state index in [1.807, 2.05) is 35.6 Å². The summed E-state index contributed by atoms with van der Waals surface area (Å²) in [6.07, 6.45) is 5.30. The summed E-state index contributed by atoms with van der Waals surface area (Å²) in [5, 5.41) is 1.43. The molecule has 0 aromatic heterocycles. The maximum atomic E-state index is 13.7.